The van der Waals surface area contributed by atoms with Crippen molar-refractivity contribution in [3.63, 3.8) is 0 Å². The largest absolute Gasteiger partial charge is 0.494 e. The summed E-state index contributed by atoms with van der Waals surface area (Å²) >= 11 is 1.91. The molecule has 37 rings (SSSR count). The van der Waals surface area contributed by atoms with Gasteiger partial charge in [0.15, 0.2) is 0 Å². The van der Waals surface area contributed by atoms with Crippen molar-refractivity contribution in [2.45, 2.75) is 90.9 Å². The molecule has 0 amide bonds. The lowest BCUT2D eigenvalue weighted by Gasteiger charge is -2.52. The Labute approximate surface area is 548 Å². The van der Waals surface area contributed by atoms with E-state index in [1.807, 2.05) is 11.8 Å². The maximum atomic E-state index is 6.84. The molecule has 1 unspecified atom stereocenters. The van der Waals surface area contributed by atoms with Crippen LogP contribution >= 0.6 is 11.8 Å². The van der Waals surface area contributed by atoms with Crippen molar-refractivity contribution in [1.82, 2.24) is 4.90 Å². The van der Waals surface area contributed by atoms with Gasteiger partial charge in [-0.05, 0) is 375 Å². The number of ether oxygens (including phenoxy) is 1. The second kappa shape index (κ2) is 11.8. The molecule has 1 saturated heterocycles. The number of para-hydroxylation sites is 2. The second-order valence-electron chi connectivity index (χ2n) is 33.9. The highest BCUT2D eigenvalue weighted by Gasteiger charge is 2.76. The number of likely N-dealkylation sites (tertiary alicyclic amines) is 1. The van der Waals surface area contributed by atoms with Gasteiger partial charge in [-0.1, -0.05) is 99.5 Å². The van der Waals surface area contributed by atoms with Gasteiger partial charge in [0.25, 0.3) is 0 Å². The maximum Gasteiger partial charge on any atom is 0.119 e. The summed E-state index contributed by atoms with van der Waals surface area (Å²) in [6.45, 7) is 2.90. The van der Waals surface area contributed by atoms with Crippen LogP contribution in [0.15, 0.2) is 82.6 Å². The van der Waals surface area contributed by atoms with Crippen molar-refractivity contribution in [3.8, 4) is 5.75 Å². The lowest BCUT2D eigenvalue weighted by Crippen LogP contribution is -2.51. The first-order valence-electron chi connectivity index (χ1n) is 37.1. The minimum absolute atomic E-state index is 0.118. The Kier molecular flexibility index (Phi) is 5.24. The van der Waals surface area contributed by atoms with Crippen molar-refractivity contribution >= 4 is 314 Å². The van der Waals surface area contributed by atoms with Gasteiger partial charge < -0.3 is 9.64 Å². The van der Waals surface area contributed by atoms with Gasteiger partial charge in [-0.2, -0.15) is 0 Å². The van der Waals surface area contributed by atoms with E-state index >= 15 is 0 Å². The van der Waals surface area contributed by atoms with Crippen LogP contribution in [0.1, 0.15) is 98.1 Å². The van der Waals surface area contributed by atoms with Gasteiger partial charge in [0.2, 0.25) is 0 Å². The molecule has 4 heteroatoms. The van der Waals surface area contributed by atoms with Crippen LogP contribution in [-0.2, 0) is 10.8 Å². The van der Waals surface area contributed by atoms with Crippen molar-refractivity contribution in [3.05, 3.63) is 101 Å². The van der Waals surface area contributed by atoms with E-state index in [9.17, 15) is 0 Å². The van der Waals surface area contributed by atoms with Crippen LogP contribution in [-0.4, -0.2) is 31.6 Å². The normalized spacial score (nSPS) is 21.0. The Hall–Kier alpha value is -9.97. The first-order valence-corrected chi connectivity index (χ1v) is 37.9. The van der Waals surface area contributed by atoms with Gasteiger partial charge in [-0.25, -0.2) is 0 Å². The standard InChI is InChI=1S/C93H42N2OS/c1-94-26-92-87-79-71-61-51-43-35-33-34-37-41-39(35)47-55-49(41)59-53-45(37)46-38(34)42-40-36(33)44(43)52-58-48(40)56-50(42)60-54(46)64-63(53)75-69(59)77-67(55)73(65(71)57(47)51)81(87)83(77)89-85(75)86-76(64)70(60)78-68(56)74-66(58)72(62(52)61)80(79)88(92)82(74)84(78)90(86)93(89,92)91(94)27-20-22-28(23-21-27)96-25-15-9-7-5-3-2-4-6-8-14-24-95-29-16-10-12-18-31(29)97-32-19-13-11-17-30(32)95/h10-13,16-23,91H,2-9,14-15,24-26H2,1H3. The number of nitrogens with zero attached hydrogens (tertiary/aromatic N) is 2. The zero-order valence-corrected chi connectivity index (χ0v) is 53.2. The quantitative estimate of drug-likeness (QED) is 0.0750. The van der Waals surface area contributed by atoms with Crippen LogP contribution < -0.4 is 9.64 Å². The van der Waals surface area contributed by atoms with E-state index in [1.54, 1.807) is 313 Å². The third kappa shape index (κ3) is 3.11. The number of benzene rings is 21. The fourth-order valence-electron chi connectivity index (χ4n) is 30.3. The van der Waals surface area contributed by atoms with Gasteiger partial charge in [0, 0.05) is 28.9 Å². The Bertz CT molecular complexity index is 8430. The summed E-state index contributed by atoms with van der Waals surface area (Å²) in [4.78, 5) is 8.30. The first-order chi connectivity index (χ1) is 48.3. The van der Waals surface area contributed by atoms with Crippen molar-refractivity contribution < 1.29 is 4.74 Å². The molecule has 0 N–H and O–H groups in total. The zero-order valence-electron chi connectivity index (χ0n) is 52.4. The summed E-state index contributed by atoms with van der Waals surface area (Å²) in [6, 6.07) is 28.0. The number of hydrogen-bond acceptors (Lipinski definition) is 4. The topological polar surface area (TPSA) is 15.7 Å². The van der Waals surface area contributed by atoms with E-state index in [1.165, 1.54) is 84.5 Å². The third-order valence-electron chi connectivity index (χ3n) is 31.7. The molecule has 2 heterocycles. The van der Waals surface area contributed by atoms with Gasteiger partial charge in [-0.3, -0.25) is 4.90 Å². The smallest absolute Gasteiger partial charge is 0.119 e. The van der Waals surface area contributed by atoms with Crippen molar-refractivity contribution in [1.29, 1.82) is 0 Å². The predicted molar refractivity (Wildman–Crippen MR) is 411 cm³/mol. The summed E-state index contributed by atoms with van der Waals surface area (Å²) in [5.41, 5.74) is 10.6. The van der Waals surface area contributed by atoms with E-state index in [4.69, 9.17) is 4.74 Å². The molecular formula is C93H42N2OS. The van der Waals surface area contributed by atoms with E-state index in [-0.39, 0.29) is 16.9 Å². The molecule has 2 aliphatic heterocycles. The Morgan fingerprint density at radius 2 is 0.577 bits per heavy atom. The molecule has 0 radical (unpaired) electrons. The molecule has 31 aromatic carbocycles. The lowest BCUT2D eigenvalue weighted by molar-refractivity contribution is 0.270. The molecule has 6 aliphatic rings. The van der Waals surface area contributed by atoms with Crippen LogP contribution in [0.3, 0.4) is 0 Å². The molecule has 3 nitrogen and oxygen atoms in total. The van der Waals surface area contributed by atoms with E-state index in [0.29, 0.717) is 0 Å². The fourth-order valence-corrected chi connectivity index (χ4v) is 31.4. The second-order valence-corrected chi connectivity index (χ2v) is 35.0. The molecule has 4 aliphatic carbocycles. The average molecular weight is 1240 g/mol. The molecule has 97 heavy (non-hydrogen) atoms. The number of fused-ring (bicyclic) bond motifs is 2. The molecule has 436 valence electrons. The average Bonchev–Trinajstić information content (AvgIpc) is 1.38. The van der Waals surface area contributed by atoms with Crippen LogP contribution in [0.5, 0.6) is 5.75 Å². The van der Waals surface area contributed by atoms with E-state index in [0.717, 1.165) is 31.9 Å². The predicted octanol–water partition coefficient (Wildman–Crippen LogP) is 25.6. The van der Waals surface area contributed by atoms with Crippen LogP contribution in [0.2, 0.25) is 0 Å². The summed E-state index contributed by atoms with van der Waals surface area (Å²) < 4.78 is 6.84. The lowest BCUT2D eigenvalue weighted by atomic mass is 9.47. The Morgan fingerprint density at radius 3 is 0.897 bits per heavy atom. The number of rotatable bonds is 15. The number of hydrogen-bond donors (Lipinski definition) is 0. The van der Waals surface area contributed by atoms with Crippen LogP contribution in [0.4, 0.5) is 11.4 Å². The fraction of sp³-hybridized carbons (Fsp3) is 0.183. The summed E-state index contributed by atoms with van der Waals surface area (Å²) in [5.74, 6) is 1.03. The van der Waals surface area contributed by atoms with E-state index < -0.39 is 0 Å². The van der Waals surface area contributed by atoms with Crippen LogP contribution in [0, 0.1) is 0 Å². The SMILES string of the molecule is CN1CC23c4c5c6c7c8c9c(c%10c%11c2c2c4c4c%12c5c5c6c6c8c8c%13c9c9c%10c%10c%11c%11c2c2c4c4c%12c%12c5c5c6c8c6c8c%13c9c9c%10c%10c%11c2c2c4c4c%12c5c6c5c8c9c%10c2c45)C73C1c1ccc(OCCCCCCCCCCCCN2c3ccccc3Sc3ccccc32)cc1. The summed E-state index contributed by atoms with van der Waals surface area (Å²) in [7, 11) is 2.59. The highest BCUT2D eigenvalue weighted by Crippen LogP contribution is 2.87. The van der Waals surface area contributed by atoms with Crippen molar-refractivity contribution in [2.75, 3.05) is 31.6 Å². The molecule has 0 bridgehead atoms. The van der Waals surface area contributed by atoms with Crippen molar-refractivity contribution in [2.24, 2.45) is 0 Å². The number of likely N-dealkylation sites (N-methyl/N-ethyl adjacent to an activating group) is 1. The molecule has 0 aromatic heterocycles. The van der Waals surface area contributed by atoms with Gasteiger partial charge in [0.1, 0.15) is 5.75 Å². The van der Waals surface area contributed by atoms with E-state index in [2.05, 4.69) is 89.6 Å². The Balaban J connectivity index is 0.559. The van der Waals surface area contributed by atoms with Gasteiger partial charge in [0.05, 0.1) is 28.8 Å². The number of anilines is 2. The first kappa shape index (κ1) is 43.3. The van der Waals surface area contributed by atoms with Gasteiger partial charge >= 0.3 is 0 Å². The van der Waals surface area contributed by atoms with Gasteiger partial charge in [-0.15, -0.1) is 0 Å². The molecule has 1 fully saturated rings. The zero-order chi connectivity index (χ0) is 59.8. The molecule has 1 atom stereocenters. The minimum Gasteiger partial charge on any atom is -0.494 e. The maximum absolute atomic E-state index is 6.84. The molecule has 2 spiro atoms. The monoisotopic (exact) mass is 1230 g/mol. The molecule has 0 saturated carbocycles. The van der Waals surface area contributed by atoms with Crippen LogP contribution in [0.25, 0.3) is 291 Å². The Morgan fingerprint density at radius 1 is 0.309 bits per heavy atom. The third-order valence-corrected chi connectivity index (χ3v) is 32.8. The summed E-state index contributed by atoms with van der Waals surface area (Å²) in [6.07, 6.45) is 12.9. The minimum atomic E-state index is -0.358. The highest BCUT2D eigenvalue weighted by atomic mass is 32.2. The molecule has 31 aromatic rings. The number of unbranched alkanes of at least 4 members (excludes halogenated alkanes) is 9. The summed E-state index contributed by atoms with van der Waals surface area (Å²) in [5, 5.41) is 90.2. The highest BCUT2D eigenvalue weighted by molar-refractivity contribution is 7.99. The molecular weight excluding hydrogens is 1190 g/mol.